The van der Waals surface area contributed by atoms with Crippen LogP contribution in [-0.4, -0.2) is 42.0 Å². The minimum absolute atomic E-state index is 0.246. The summed E-state index contributed by atoms with van der Waals surface area (Å²) in [7, 11) is 0. The zero-order valence-electron chi connectivity index (χ0n) is 11.2. The Kier molecular flexibility index (Phi) is 4.40. The van der Waals surface area contributed by atoms with E-state index in [-0.39, 0.29) is 6.04 Å². The van der Waals surface area contributed by atoms with E-state index in [1.807, 2.05) is 12.1 Å². The molecule has 0 aromatic carbocycles. The third-order valence-electron chi connectivity index (χ3n) is 3.80. The first kappa shape index (κ1) is 13.1. The van der Waals surface area contributed by atoms with Crippen LogP contribution in [0.1, 0.15) is 32.1 Å². The molecular weight excluding hydrogens is 226 g/mol. The average Bonchev–Trinajstić information content (AvgIpc) is 2.94. The highest BCUT2D eigenvalue weighted by Crippen LogP contribution is 2.26. The molecule has 0 spiro atoms. The number of hydrogen-bond donors (Lipinski definition) is 0. The molecule has 2 rings (SSSR count). The maximum absolute atomic E-state index is 9.42. The number of rotatable bonds is 4. The second-order valence-electron chi connectivity index (χ2n) is 4.74. The number of piperazine rings is 1. The van der Waals surface area contributed by atoms with Gasteiger partial charge in [-0.05, 0) is 25.1 Å². The summed E-state index contributed by atoms with van der Waals surface area (Å²) in [6, 6.07) is 6.32. The van der Waals surface area contributed by atoms with E-state index in [1.54, 1.807) is 6.26 Å². The van der Waals surface area contributed by atoms with Crippen LogP contribution in [0.3, 0.4) is 0 Å². The third kappa shape index (κ3) is 2.58. The van der Waals surface area contributed by atoms with Gasteiger partial charge in [0.25, 0.3) is 0 Å². The van der Waals surface area contributed by atoms with Gasteiger partial charge in [0.2, 0.25) is 0 Å². The van der Waals surface area contributed by atoms with Crippen LogP contribution in [0.4, 0.5) is 0 Å². The maximum atomic E-state index is 9.42. The molecule has 4 heteroatoms. The second kappa shape index (κ2) is 6.03. The van der Waals surface area contributed by atoms with Gasteiger partial charge in [-0.2, -0.15) is 5.26 Å². The molecule has 0 amide bonds. The molecule has 2 atom stereocenters. The molecule has 0 radical (unpaired) electrons. The van der Waals surface area contributed by atoms with Crippen molar-refractivity contribution in [1.29, 1.82) is 5.26 Å². The molecule has 1 fully saturated rings. The summed E-state index contributed by atoms with van der Waals surface area (Å²) >= 11 is 0. The number of furan rings is 1. The lowest BCUT2D eigenvalue weighted by atomic mass is 10.1. The summed E-state index contributed by atoms with van der Waals surface area (Å²) in [4.78, 5) is 4.73. The Balaban J connectivity index is 2.13. The van der Waals surface area contributed by atoms with Gasteiger partial charge in [-0.1, -0.05) is 13.8 Å². The van der Waals surface area contributed by atoms with Crippen LogP contribution in [0.5, 0.6) is 0 Å². The van der Waals surface area contributed by atoms with Crippen LogP contribution in [0.15, 0.2) is 22.8 Å². The van der Waals surface area contributed by atoms with Gasteiger partial charge in [-0.25, -0.2) is 0 Å². The quantitative estimate of drug-likeness (QED) is 0.818. The minimum atomic E-state index is -0.246. The van der Waals surface area contributed by atoms with Crippen molar-refractivity contribution >= 4 is 0 Å². The first-order valence-corrected chi connectivity index (χ1v) is 6.71. The van der Waals surface area contributed by atoms with E-state index in [9.17, 15) is 5.26 Å². The Labute approximate surface area is 109 Å². The zero-order valence-corrected chi connectivity index (χ0v) is 11.2. The van der Waals surface area contributed by atoms with Gasteiger partial charge in [0.05, 0.1) is 12.3 Å². The Hall–Kier alpha value is -1.31. The molecular formula is C14H21N3O. The normalized spacial score (nSPS) is 23.7. The van der Waals surface area contributed by atoms with Crippen LogP contribution in [0, 0.1) is 11.3 Å². The fraction of sp³-hybridized carbons (Fsp3) is 0.643. The second-order valence-corrected chi connectivity index (χ2v) is 4.74. The van der Waals surface area contributed by atoms with Crippen molar-refractivity contribution in [2.45, 2.75) is 32.4 Å². The van der Waals surface area contributed by atoms with E-state index >= 15 is 0 Å². The molecule has 0 bridgehead atoms. The van der Waals surface area contributed by atoms with Crippen molar-refractivity contribution in [1.82, 2.24) is 9.80 Å². The smallest absolute Gasteiger partial charge is 0.157 e. The molecule has 1 aliphatic heterocycles. The number of hydrogen-bond acceptors (Lipinski definition) is 4. The van der Waals surface area contributed by atoms with Crippen molar-refractivity contribution in [2.24, 2.45) is 0 Å². The molecule has 18 heavy (non-hydrogen) atoms. The molecule has 98 valence electrons. The summed E-state index contributed by atoms with van der Waals surface area (Å²) in [5.74, 6) is 0.765. The van der Waals surface area contributed by atoms with Crippen LogP contribution < -0.4 is 0 Å². The SMILES string of the molecule is CCC1CN(CC)CCN1C(C#N)c1ccco1. The minimum Gasteiger partial charge on any atom is -0.467 e. The molecule has 2 heterocycles. The summed E-state index contributed by atoms with van der Waals surface area (Å²) in [6.45, 7) is 8.48. The third-order valence-corrected chi connectivity index (χ3v) is 3.80. The van der Waals surface area contributed by atoms with E-state index < -0.39 is 0 Å². The Morgan fingerprint density at radius 3 is 2.89 bits per heavy atom. The number of nitriles is 1. The van der Waals surface area contributed by atoms with E-state index in [1.165, 1.54) is 0 Å². The highest BCUT2D eigenvalue weighted by molar-refractivity contribution is 5.14. The van der Waals surface area contributed by atoms with Crippen LogP contribution >= 0.6 is 0 Å². The van der Waals surface area contributed by atoms with E-state index in [2.05, 4.69) is 29.7 Å². The predicted molar refractivity (Wildman–Crippen MR) is 70.0 cm³/mol. The van der Waals surface area contributed by atoms with Crippen molar-refractivity contribution < 1.29 is 4.42 Å². The van der Waals surface area contributed by atoms with Crippen molar-refractivity contribution in [3.63, 3.8) is 0 Å². The molecule has 4 nitrogen and oxygen atoms in total. The van der Waals surface area contributed by atoms with Gasteiger partial charge in [-0.3, -0.25) is 4.90 Å². The van der Waals surface area contributed by atoms with E-state index in [0.717, 1.165) is 38.4 Å². The van der Waals surface area contributed by atoms with Gasteiger partial charge in [0, 0.05) is 25.7 Å². The average molecular weight is 247 g/mol. The number of nitrogens with zero attached hydrogens (tertiary/aromatic N) is 3. The summed E-state index contributed by atoms with van der Waals surface area (Å²) < 4.78 is 5.41. The molecule has 2 unspecified atom stereocenters. The van der Waals surface area contributed by atoms with E-state index in [4.69, 9.17) is 4.42 Å². The highest BCUT2D eigenvalue weighted by Gasteiger charge is 2.32. The van der Waals surface area contributed by atoms with Gasteiger partial charge < -0.3 is 9.32 Å². The Bertz CT molecular complexity index is 396. The van der Waals surface area contributed by atoms with Crippen molar-refractivity contribution in [2.75, 3.05) is 26.2 Å². The lowest BCUT2D eigenvalue weighted by molar-refractivity contribution is 0.0508. The van der Waals surface area contributed by atoms with Crippen LogP contribution in [-0.2, 0) is 0 Å². The first-order chi connectivity index (χ1) is 8.80. The highest BCUT2D eigenvalue weighted by atomic mass is 16.3. The molecule has 0 saturated carbocycles. The van der Waals surface area contributed by atoms with Crippen molar-refractivity contribution in [3.8, 4) is 6.07 Å². The number of likely N-dealkylation sites (N-methyl/N-ethyl adjacent to an activating group) is 1. The first-order valence-electron chi connectivity index (χ1n) is 6.71. The van der Waals surface area contributed by atoms with E-state index in [0.29, 0.717) is 6.04 Å². The van der Waals surface area contributed by atoms with Gasteiger partial charge in [-0.15, -0.1) is 0 Å². The lowest BCUT2D eigenvalue weighted by Crippen LogP contribution is -2.53. The van der Waals surface area contributed by atoms with Gasteiger partial charge >= 0.3 is 0 Å². The van der Waals surface area contributed by atoms with Gasteiger partial charge in [0.1, 0.15) is 5.76 Å². The lowest BCUT2D eigenvalue weighted by Gasteiger charge is -2.42. The Morgan fingerprint density at radius 2 is 2.33 bits per heavy atom. The van der Waals surface area contributed by atoms with Crippen LogP contribution in [0.2, 0.25) is 0 Å². The zero-order chi connectivity index (χ0) is 13.0. The summed E-state index contributed by atoms with van der Waals surface area (Å²) in [6.07, 6.45) is 2.71. The van der Waals surface area contributed by atoms with Gasteiger partial charge in [0.15, 0.2) is 6.04 Å². The fourth-order valence-electron chi connectivity index (χ4n) is 2.67. The predicted octanol–water partition coefficient (Wildman–Crippen LogP) is 2.26. The molecule has 1 aliphatic rings. The summed E-state index contributed by atoms with van der Waals surface area (Å²) in [5.41, 5.74) is 0. The monoisotopic (exact) mass is 247 g/mol. The summed E-state index contributed by atoms with van der Waals surface area (Å²) in [5, 5.41) is 9.42. The topological polar surface area (TPSA) is 43.4 Å². The molecule has 1 saturated heterocycles. The maximum Gasteiger partial charge on any atom is 0.157 e. The molecule has 1 aromatic heterocycles. The molecule has 1 aromatic rings. The van der Waals surface area contributed by atoms with Crippen LogP contribution in [0.25, 0.3) is 0 Å². The molecule has 0 N–H and O–H groups in total. The fourth-order valence-corrected chi connectivity index (χ4v) is 2.67. The largest absolute Gasteiger partial charge is 0.467 e. The van der Waals surface area contributed by atoms with Crippen molar-refractivity contribution in [3.05, 3.63) is 24.2 Å². The molecule has 0 aliphatic carbocycles. The Morgan fingerprint density at radius 1 is 1.50 bits per heavy atom. The standard InChI is InChI=1S/C14H21N3O/c1-3-12-11-16(4-2)7-8-17(12)13(10-15)14-6-5-9-18-14/h5-6,9,12-13H,3-4,7-8,11H2,1-2H3.